The van der Waals surface area contributed by atoms with Gasteiger partial charge in [0, 0.05) is 39.3 Å². The van der Waals surface area contributed by atoms with E-state index in [4.69, 9.17) is 9.47 Å². The van der Waals surface area contributed by atoms with Crippen LogP contribution >= 0.6 is 0 Å². The van der Waals surface area contributed by atoms with Crippen molar-refractivity contribution in [1.82, 2.24) is 9.80 Å². The molecule has 2 heterocycles. The fourth-order valence-corrected chi connectivity index (χ4v) is 3.23. The van der Waals surface area contributed by atoms with E-state index in [1.165, 1.54) is 25.3 Å². The molecule has 23 heavy (non-hydrogen) atoms. The summed E-state index contributed by atoms with van der Waals surface area (Å²) >= 11 is 0. The summed E-state index contributed by atoms with van der Waals surface area (Å²) in [5.41, 5.74) is 0.292. The summed E-state index contributed by atoms with van der Waals surface area (Å²) in [5, 5.41) is 0. The third-order valence-corrected chi connectivity index (χ3v) is 4.54. The SMILES string of the molecule is COc1ccc(F)cc1C(=O)N1CCN(CC2CCCO2)CC1. The summed E-state index contributed by atoms with van der Waals surface area (Å²) in [4.78, 5) is 16.7. The van der Waals surface area contributed by atoms with Crippen LogP contribution in [0.2, 0.25) is 0 Å². The predicted molar refractivity (Wildman–Crippen MR) is 84.3 cm³/mol. The highest BCUT2D eigenvalue weighted by Crippen LogP contribution is 2.22. The van der Waals surface area contributed by atoms with E-state index in [1.807, 2.05) is 0 Å². The number of rotatable bonds is 4. The standard InChI is InChI=1S/C17H23FN2O3/c1-22-16-5-4-13(18)11-15(16)17(21)20-8-6-19(7-9-20)12-14-3-2-10-23-14/h4-5,11,14H,2-3,6-10,12H2,1H3. The molecule has 1 atom stereocenters. The number of ether oxygens (including phenoxy) is 2. The van der Waals surface area contributed by atoms with Gasteiger partial charge < -0.3 is 14.4 Å². The van der Waals surface area contributed by atoms with E-state index in [9.17, 15) is 9.18 Å². The third kappa shape index (κ3) is 3.82. The quantitative estimate of drug-likeness (QED) is 0.847. The van der Waals surface area contributed by atoms with Crippen LogP contribution in [-0.4, -0.2) is 68.3 Å². The summed E-state index contributed by atoms with van der Waals surface area (Å²) in [6, 6.07) is 4.05. The molecule has 0 saturated carbocycles. The van der Waals surface area contributed by atoms with E-state index in [-0.39, 0.29) is 5.91 Å². The molecule has 2 aliphatic rings. The molecule has 0 radical (unpaired) electrons. The number of hydrogen-bond acceptors (Lipinski definition) is 4. The summed E-state index contributed by atoms with van der Waals surface area (Å²) in [7, 11) is 1.49. The zero-order chi connectivity index (χ0) is 16.2. The van der Waals surface area contributed by atoms with Crippen molar-refractivity contribution in [3.63, 3.8) is 0 Å². The monoisotopic (exact) mass is 322 g/mol. The molecule has 0 bridgehead atoms. The second kappa shape index (κ2) is 7.27. The Bertz CT molecular complexity index is 553. The minimum absolute atomic E-state index is 0.168. The van der Waals surface area contributed by atoms with Gasteiger partial charge in [-0.3, -0.25) is 9.69 Å². The third-order valence-electron chi connectivity index (χ3n) is 4.54. The number of hydrogen-bond donors (Lipinski definition) is 0. The number of halogens is 1. The number of carbonyl (C=O) groups is 1. The predicted octanol–water partition coefficient (Wildman–Crippen LogP) is 1.77. The molecule has 1 unspecified atom stereocenters. The summed E-state index contributed by atoms with van der Waals surface area (Å²) in [6.45, 7) is 4.73. The van der Waals surface area contributed by atoms with Crippen molar-refractivity contribution in [3.8, 4) is 5.75 Å². The Morgan fingerprint density at radius 2 is 2.13 bits per heavy atom. The molecule has 3 rings (SSSR count). The van der Waals surface area contributed by atoms with Crippen molar-refractivity contribution >= 4 is 5.91 Å². The van der Waals surface area contributed by atoms with Gasteiger partial charge in [0.25, 0.3) is 5.91 Å². The van der Waals surface area contributed by atoms with Gasteiger partial charge in [0.1, 0.15) is 11.6 Å². The number of carbonyl (C=O) groups excluding carboxylic acids is 1. The average molecular weight is 322 g/mol. The van der Waals surface area contributed by atoms with Crippen LogP contribution in [0.25, 0.3) is 0 Å². The first-order chi connectivity index (χ1) is 11.2. The lowest BCUT2D eigenvalue weighted by Gasteiger charge is -2.35. The lowest BCUT2D eigenvalue weighted by atomic mass is 10.1. The Hall–Kier alpha value is -1.66. The van der Waals surface area contributed by atoms with Crippen molar-refractivity contribution in [2.24, 2.45) is 0 Å². The Morgan fingerprint density at radius 1 is 1.35 bits per heavy atom. The van der Waals surface area contributed by atoms with Gasteiger partial charge in [-0.15, -0.1) is 0 Å². The molecular formula is C17H23FN2O3. The van der Waals surface area contributed by atoms with Crippen molar-refractivity contribution in [2.45, 2.75) is 18.9 Å². The van der Waals surface area contributed by atoms with E-state index in [2.05, 4.69) is 4.90 Å². The first-order valence-corrected chi connectivity index (χ1v) is 8.14. The zero-order valence-corrected chi connectivity index (χ0v) is 13.5. The maximum atomic E-state index is 13.5. The number of methoxy groups -OCH3 is 1. The van der Waals surface area contributed by atoms with Crippen LogP contribution in [0.15, 0.2) is 18.2 Å². The highest BCUT2D eigenvalue weighted by atomic mass is 19.1. The van der Waals surface area contributed by atoms with E-state index >= 15 is 0 Å². The molecule has 6 heteroatoms. The van der Waals surface area contributed by atoms with E-state index in [0.717, 1.165) is 39.1 Å². The zero-order valence-electron chi connectivity index (χ0n) is 13.5. The topological polar surface area (TPSA) is 42.0 Å². The Labute approximate surface area is 136 Å². The number of benzene rings is 1. The van der Waals surface area contributed by atoms with Gasteiger partial charge in [-0.2, -0.15) is 0 Å². The smallest absolute Gasteiger partial charge is 0.257 e. The van der Waals surface area contributed by atoms with Crippen molar-refractivity contribution in [2.75, 3.05) is 46.4 Å². The second-order valence-electron chi connectivity index (χ2n) is 6.07. The lowest BCUT2D eigenvalue weighted by molar-refractivity contribution is 0.0431. The van der Waals surface area contributed by atoms with E-state index < -0.39 is 5.82 Å². The van der Waals surface area contributed by atoms with Crippen LogP contribution in [0.5, 0.6) is 5.75 Å². The van der Waals surface area contributed by atoms with Crippen molar-refractivity contribution in [1.29, 1.82) is 0 Å². The second-order valence-corrected chi connectivity index (χ2v) is 6.07. The van der Waals surface area contributed by atoms with Crippen LogP contribution in [0.1, 0.15) is 23.2 Å². The van der Waals surface area contributed by atoms with E-state index in [1.54, 1.807) is 4.90 Å². The fourth-order valence-electron chi connectivity index (χ4n) is 3.23. The largest absolute Gasteiger partial charge is 0.496 e. The van der Waals surface area contributed by atoms with E-state index in [0.29, 0.717) is 30.5 Å². The molecule has 0 aliphatic carbocycles. The molecule has 2 fully saturated rings. The molecule has 1 amide bonds. The number of nitrogens with zero attached hydrogens (tertiary/aromatic N) is 2. The molecule has 5 nitrogen and oxygen atoms in total. The Balaban J connectivity index is 1.58. The minimum atomic E-state index is -0.425. The van der Waals surface area contributed by atoms with Gasteiger partial charge in [-0.05, 0) is 31.0 Å². The van der Waals surface area contributed by atoms with Crippen molar-refractivity contribution < 1.29 is 18.7 Å². The normalized spacial score (nSPS) is 22.3. The number of piperazine rings is 1. The fraction of sp³-hybridized carbons (Fsp3) is 0.588. The molecule has 1 aromatic rings. The van der Waals surface area contributed by atoms with Gasteiger partial charge in [-0.1, -0.05) is 0 Å². The maximum Gasteiger partial charge on any atom is 0.257 e. The molecule has 0 spiro atoms. The maximum absolute atomic E-state index is 13.5. The summed E-state index contributed by atoms with van der Waals surface area (Å²) < 4.78 is 24.3. The van der Waals surface area contributed by atoms with Crippen LogP contribution in [-0.2, 0) is 4.74 Å². The first kappa shape index (κ1) is 16.2. The van der Waals surface area contributed by atoms with Crippen molar-refractivity contribution in [3.05, 3.63) is 29.6 Å². The molecule has 2 aliphatic heterocycles. The highest BCUT2D eigenvalue weighted by Gasteiger charge is 2.26. The molecular weight excluding hydrogens is 299 g/mol. The van der Waals surface area contributed by atoms with Gasteiger partial charge in [0.15, 0.2) is 0 Å². The first-order valence-electron chi connectivity index (χ1n) is 8.14. The van der Waals surface area contributed by atoms with Crippen LogP contribution in [0, 0.1) is 5.82 Å². The summed E-state index contributed by atoms with van der Waals surface area (Å²) in [5.74, 6) is -0.178. The van der Waals surface area contributed by atoms with Crippen LogP contribution < -0.4 is 4.74 Å². The van der Waals surface area contributed by atoms with Gasteiger partial charge in [0.2, 0.25) is 0 Å². The van der Waals surface area contributed by atoms with Crippen LogP contribution in [0.4, 0.5) is 4.39 Å². The van der Waals surface area contributed by atoms with Gasteiger partial charge in [0.05, 0.1) is 18.8 Å². The highest BCUT2D eigenvalue weighted by molar-refractivity contribution is 5.97. The Morgan fingerprint density at radius 3 is 2.78 bits per heavy atom. The Kier molecular flexibility index (Phi) is 5.13. The van der Waals surface area contributed by atoms with Gasteiger partial charge in [-0.25, -0.2) is 4.39 Å². The molecule has 0 aromatic heterocycles. The lowest BCUT2D eigenvalue weighted by Crippen LogP contribution is -2.50. The summed E-state index contributed by atoms with van der Waals surface area (Å²) in [6.07, 6.45) is 2.60. The average Bonchev–Trinajstić information content (AvgIpc) is 3.08. The molecule has 0 N–H and O–H groups in total. The number of amides is 1. The van der Waals surface area contributed by atoms with Gasteiger partial charge >= 0.3 is 0 Å². The van der Waals surface area contributed by atoms with Crippen LogP contribution in [0.3, 0.4) is 0 Å². The molecule has 1 aromatic carbocycles. The minimum Gasteiger partial charge on any atom is -0.496 e. The molecule has 126 valence electrons. The molecule has 2 saturated heterocycles.